The van der Waals surface area contributed by atoms with E-state index in [0.29, 0.717) is 6.54 Å². The van der Waals surface area contributed by atoms with Crippen molar-refractivity contribution in [2.75, 3.05) is 23.3 Å². The van der Waals surface area contributed by atoms with E-state index in [1.807, 2.05) is 0 Å². The summed E-state index contributed by atoms with van der Waals surface area (Å²) in [5.41, 5.74) is 6.04. The highest BCUT2D eigenvalue weighted by Gasteiger charge is 2.27. The molecule has 2 aliphatic heterocycles. The van der Waals surface area contributed by atoms with Crippen LogP contribution in [0.15, 0.2) is 42.5 Å². The van der Waals surface area contributed by atoms with Crippen molar-refractivity contribution in [3.63, 3.8) is 0 Å². The third-order valence-electron chi connectivity index (χ3n) is 5.56. The highest BCUT2D eigenvalue weighted by Crippen LogP contribution is 2.29. The van der Waals surface area contributed by atoms with E-state index in [4.69, 9.17) is 0 Å². The Bertz CT molecular complexity index is 796. The number of hydrogen-bond acceptors (Lipinski definition) is 3. The maximum absolute atomic E-state index is 12.7. The molecule has 2 heterocycles. The van der Waals surface area contributed by atoms with Crippen molar-refractivity contribution >= 4 is 17.3 Å². The Balaban J connectivity index is 1.41. The highest BCUT2D eigenvalue weighted by molar-refractivity contribution is 5.88. The van der Waals surface area contributed by atoms with Gasteiger partial charge in [-0.1, -0.05) is 36.4 Å². The second kappa shape index (κ2) is 7.40. The first-order valence-corrected chi connectivity index (χ1v) is 9.68. The average Bonchev–Trinajstić information content (AvgIpc) is 3.13. The summed E-state index contributed by atoms with van der Waals surface area (Å²) in [6, 6.07) is 14.5. The molecule has 1 unspecified atom stereocenters. The zero-order valence-electron chi connectivity index (χ0n) is 15.4. The second-order valence-corrected chi connectivity index (χ2v) is 7.40. The Kier molecular flexibility index (Phi) is 4.83. The number of fused-ring (bicyclic) bond motifs is 1. The minimum Gasteiger partial charge on any atom is -0.373 e. The minimum absolute atomic E-state index is 0.0778. The normalized spacial score (nSPS) is 19.0. The van der Waals surface area contributed by atoms with Crippen LogP contribution in [-0.2, 0) is 17.8 Å². The number of benzene rings is 2. The molecule has 0 radical (unpaired) electrons. The van der Waals surface area contributed by atoms with Gasteiger partial charge >= 0.3 is 0 Å². The molecule has 2 aromatic rings. The molecule has 0 aromatic heterocycles. The number of hydrogen-bond donors (Lipinski definition) is 2. The van der Waals surface area contributed by atoms with Crippen LogP contribution in [0.2, 0.25) is 0 Å². The minimum atomic E-state index is -0.173. The van der Waals surface area contributed by atoms with Gasteiger partial charge in [0.25, 0.3) is 0 Å². The number of amides is 1. The molecule has 4 nitrogen and oxygen atoms in total. The van der Waals surface area contributed by atoms with E-state index in [0.717, 1.165) is 25.2 Å². The van der Waals surface area contributed by atoms with Gasteiger partial charge in [0.15, 0.2) is 0 Å². The highest BCUT2D eigenvalue weighted by atomic mass is 16.2. The Labute approximate surface area is 155 Å². The monoisotopic (exact) mass is 349 g/mol. The maximum Gasteiger partial charge on any atom is 0.243 e. The van der Waals surface area contributed by atoms with Crippen LogP contribution in [0.25, 0.3) is 0 Å². The van der Waals surface area contributed by atoms with Crippen molar-refractivity contribution in [1.29, 1.82) is 0 Å². The summed E-state index contributed by atoms with van der Waals surface area (Å²) in [7, 11) is 0. The molecule has 4 heteroatoms. The van der Waals surface area contributed by atoms with E-state index in [-0.39, 0.29) is 11.9 Å². The van der Waals surface area contributed by atoms with Crippen molar-refractivity contribution in [3.05, 3.63) is 59.2 Å². The van der Waals surface area contributed by atoms with E-state index < -0.39 is 0 Å². The third kappa shape index (κ3) is 3.41. The van der Waals surface area contributed by atoms with Gasteiger partial charge in [0.1, 0.15) is 6.04 Å². The van der Waals surface area contributed by atoms with Crippen LogP contribution in [0, 0.1) is 6.92 Å². The molecule has 2 N–H and O–H groups in total. The van der Waals surface area contributed by atoms with Crippen LogP contribution >= 0.6 is 0 Å². The lowest BCUT2D eigenvalue weighted by molar-refractivity contribution is -0.121. The molecule has 0 aliphatic carbocycles. The Hall–Kier alpha value is -2.49. The van der Waals surface area contributed by atoms with Crippen molar-refractivity contribution in [2.45, 2.75) is 45.2 Å². The van der Waals surface area contributed by atoms with Crippen molar-refractivity contribution in [3.8, 4) is 0 Å². The molecular weight excluding hydrogens is 322 g/mol. The lowest BCUT2D eigenvalue weighted by atomic mass is 10.1. The fraction of sp³-hybridized carbons (Fsp3) is 0.409. The molecule has 0 bridgehead atoms. The van der Waals surface area contributed by atoms with Crippen LogP contribution < -0.4 is 15.5 Å². The number of aryl methyl sites for hydroxylation is 1. The number of anilines is 2. The summed E-state index contributed by atoms with van der Waals surface area (Å²) in [6.07, 6.45) is 4.59. The number of rotatable bonds is 4. The zero-order chi connectivity index (χ0) is 17.9. The van der Waals surface area contributed by atoms with Crippen molar-refractivity contribution in [2.24, 2.45) is 0 Å². The summed E-state index contributed by atoms with van der Waals surface area (Å²) in [5, 5.41) is 6.54. The van der Waals surface area contributed by atoms with Gasteiger partial charge in [0.05, 0.1) is 0 Å². The van der Waals surface area contributed by atoms with Crippen LogP contribution in [-0.4, -0.2) is 25.0 Å². The SMILES string of the molecule is Cc1cccc2c1NC(C(=O)NCc1ccccc1N1CCCCC1)C2. The van der Waals surface area contributed by atoms with Crippen LogP contribution in [0.5, 0.6) is 0 Å². The second-order valence-electron chi connectivity index (χ2n) is 7.40. The lowest BCUT2D eigenvalue weighted by Crippen LogP contribution is -2.38. The third-order valence-corrected chi connectivity index (χ3v) is 5.56. The standard InChI is InChI=1S/C22H27N3O/c1-16-8-7-10-17-14-19(24-21(16)17)22(26)23-15-18-9-3-4-11-20(18)25-12-5-2-6-13-25/h3-4,7-11,19,24H,2,5-6,12-15H2,1H3,(H,23,26). The van der Waals surface area contributed by atoms with Gasteiger partial charge in [-0.05, 0) is 48.9 Å². The number of carbonyl (C=O) groups excluding carboxylic acids is 1. The molecule has 26 heavy (non-hydrogen) atoms. The predicted molar refractivity (Wildman–Crippen MR) is 107 cm³/mol. The van der Waals surface area contributed by atoms with E-state index >= 15 is 0 Å². The molecule has 4 rings (SSSR count). The summed E-state index contributed by atoms with van der Waals surface area (Å²) in [5.74, 6) is 0.0778. The van der Waals surface area contributed by atoms with Crippen LogP contribution in [0.1, 0.15) is 36.0 Å². The van der Waals surface area contributed by atoms with Gasteiger partial charge in [-0.15, -0.1) is 0 Å². The lowest BCUT2D eigenvalue weighted by Gasteiger charge is -2.30. The quantitative estimate of drug-likeness (QED) is 0.886. The van der Waals surface area contributed by atoms with E-state index in [1.165, 1.54) is 41.6 Å². The molecule has 2 aliphatic rings. The Morgan fingerprint density at radius 3 is 2.73 bits per heavy atom. The van der Waals surface area contributed by atoms with Crippen LogP contribution in [0.3, 0.4) is 0 Å². The van der Waals surface area contributed by atoms with E-state index in [1.54, 1.807) is 0 Å². The van der Waals surface area contributed by atoms with Gasteiger partial charge in [0.2, 0.25) is 5.91 Å². The van der Waals surface area contributed by atoms with Crippen molar-refractivity contribution < 1.29 is 4.79 Å². The molecule has 0 spiro atoms. The van der Waals surface area contributed by atoms with E-state index in [9.17, 15) is 4.79 Å². The Morgan fingerprint density at radius 1 is 1.12 bits per heavy atom. The van der Waals surface area contributed by atoms with Gasteiger partial charge in [0, 0.05) is 37.4 Å². The number of para-hydroxylation sites is 2. The molecule has 2 aromatic carbocycles. The number of piperidine rings is 1. The topological polar surface area (TPSA) is 44.4 Å². The summed E-state index contributed by atoms with van der Waals surface area (Å²) >= 11 is 0. The van der Waals surface area contributed by atoms with Gasteiger partial charge in [-0.2, -0.15) is 0 Å². The molecule has 1 atom stereocenters. The van der Waals surface area contributed by atoms with Gasteiger partial charge in [-0.3, -0.25) is 4.79 Å². The van der Waals surface area contributed by atoms with Gasteiger partial charge < -0.3 is 15.5 Å². The van der Waals surface area contributed by atoms with Crippen LogP contribution in [0.4, 0.5) is 11.4 Å². The number of carbonyl (C=O) groups is 1. The summed E-state index contributed by atoms with van der Waals surface area (Å²) < 4.78 is 0. The predicted octanol–water partition coefficient (Wildman–Crippen LogP) is 3.64. The molecule has 1 amide bonds. The van der Waals surface area contributed by atoms with Crippen molar-refractivity contribution in [1.82, 2.24) is 5.32 Å². The summed E-state index contributed by atoms with van der Waals surface area (Å²) in [4.78, 5) is 15.2. The largest absolute Gasteiger partial charge is 0.373 e. The Morgan fingerprint density at radius 2 is 1.92 bits per heavy atom. The van der Waals surface area contributed by atoms with E-state index in [2.05, 4.69) is 64.9 Å². The molecule has 136 valence electrons. The first-order chi connectivity index (χ1) is 12.7. The average molecular weight is 349 g/mol. The summed E-state index contributed by atoms with van der Waals surface area (Å²) in [6.45, 7) is 4.90. The number of nitrogens with one attached hydrogen (secondary N) is 2. The molecular formula is C22H27N3O. The smallest absolute Gasteiger partial charge is 0.243 e. The fourth-order valence-corrected chi connectivity index (χ4v) is 4.12. The maximum atomic E-state index is 12.7. The van der Waals surface area contributed by atoms with Gasteiger partial charge in [-0.25, -0.2) is 0 Å². The number of nitrogens with zero attached hydrogens (tertiary/aromatic N) is 1. The first-order valence-electron chi connectivity index (χ1n) is 9.68. The fourth-order valence-electron chi connectivity index (χ4n) is 4.12. The zero-order valence-corrected chi connectivity index (χ0v) is 15.4. The first kappa shape index (κ1) is 17.0. The molecule has 0 saturated carbocycles. The molecule has 1 fully saturated rings. The molecule has 1 saturated heterocycles.